The number of carbonyl (C=O) groups is 4. The minimum absolute atomic E-state index is 0.0548. The van der Waals surface area contributed by atoms with Crippen molar-refractivity contribution in [2.75, 3.05) is 5.75 Å². The lowest BCUT2D eigenvalue weighted by Gasteiger charge is -2.16. The molecule has 15 heteroatoms. The number of thiophene rings is 1. The van der Waals surface area contributed by atoms with Gasteiger partial charge in [0.1, 0.15) is 11.3 Å². The van der Waals surface area contributed by atoms with Crippen LogP contribution in [-0.2, 0) is 31.9 Å². The maximum absolute atomic E-state index is 13.0. The van der Waals surface area contributed by atoms with E-state index < -0.39 is 57.4 Å². The number of sulfonamides is 1. The lowest BCUT2D eigenvalue weighted by atomic mass is 10.1. The molecule has 0 fully saturated rings. The molecule has 0 spiro atoms. The van der Waals surface area contributed by atoms with Crippen LogP contribution in [-0.4, -0.2) is 59.2 Å². The molecule has 1 aromatic heterocycles. The maximum Gasteiger partial charge on any atom is 0.339 e. The predicted octanol–water partition coefficient (Wildman–Crippen LogP) is 3.67. The summed E-state index contributed by atoms with van der Waals surface area (Å²) in [7, 11) is -4.17. The van der Waals surface area contributed by atoms with Crippen molar-refractivity contribution in [3.05, 3.63) is 80.0 Å². The highest BCUT2D eigenvalue weighted by Gasteiger charge is 2.26. The van der Waals surface area contributed by atoms with Gasteiger partial charge in [0.15, 0.2) is 5.78 Å². The fourth-order valence-corrected chi connectivity index (χ4v) is 6.98. The average molecular weight is 641 g/mol. The Morgan fingerprint density at radius 3 is 2.44 bits per heavy atom. The van der Waals surface area contributed by atoms with Gasteiger partial charge < -0.3 is 20.6 Å². The average Bonchev–Trinajstić information content (AvgIpc) is 3.28. The molecule has 1 unspecified atom stereocenters. The fourth-order valence-electron chi connectivity index (χ4n) is 3.59. The quantitative estimate of drug-likeness (QED) is 0.174. The topological polar surface area (TPSA) is 187 Å². The number of aryl methyl sites for hydroxylation is 1. The third-order valence-corrected chi connectivity index (χ3v) is 9.66. The van der Waals surface area contributed by atoms with Crippen molar-refractivity contribution in [1.82, 2.24) is 10.0 Å². The van der Waals surface area contributed by atoms with Gasteiger partial charge in [0.2, 0.25) is 10.0 Å². The maximum atomic E-state index is 13.0. The number of aromatic hydroxyl groups is 1. The van der Waals surface area contributed by atoms with Crippen LogP contribution in [0.4, 0.5) is 0 Å². The van der Waals surface area contributed by atoms with E-state index in [1.165, 1.54) is 11.8 Å². The van der Waals surface area contributed by atoms with E-state index in [0.29, 0.717) is 21.2 Å². The molecule has 11 nitrogen and oxygen atoms in total. The molecule has 0 radical (unpaired) electrons. The Balaban J connectivity index is 1.65. The van der Waals surface area contributed by atoms with Crippen LogP contribution < -0.4 is 10.0 Å². The van der Waals surface area contributed by atoms with Crippen LogP contribution in [0.1, 0.15) is 42.5 Å². The predicted molar refractivity (Wildman–Crippen MR) is 154 cm³/mol. The molecule has 218 valence electrons. The number of halogens is 1. The number of amides is 1. The van der Waals surface area contributed by atoms with E-state index in [1.807, 2.05) is 12.1 Å². The van der Waals surface area contributed by atoms with Crippen molar-refractivity contribution < 1.29 is 42.9 Å². The number of carbonyl (C=O) groups excluding carboxylic acids is 2. The number of nitrogens with one attached hydrogen (secondary N) is 2. The number of hydrogen-bond donors (Lipinski definition) is 5. The van der Waals surface area contributed by atoms with Gasteiger partial charge in [-0.2, -0.15) is 0 Å². The summed E-state index contributed by atoms with van der Waals surface area (Å²) in [6.45, 7) is 1.37. The Kier molecular flexibility index (Phi) is 10.9. The zero-order valence-corrected chi connectivity index (χ0v) is 24.6. The minimum Gasteiger partial charge on any atom is -0.507 e. The van der Waals surface area contributed by atoms with Gasteiger partial charge >= 0.3 is 11.9 Å². The summed E-state index contributed by atoms with van der Waals surface area (Å²) in [6.07, 6.45) is -0.612. The van der Waals surface area contributed by atoms with Crippen LogP contribution in [0.3, 0.4) is 0 Å². The van der Waals surface area contributed by atoms with E-state index in [2.05, 4.69) is 10.0 Å². The van der Waals surface area contributed by atoms with E-state index >= 15 is 0 Å². The number of aliphatic carboxylic acids is 1. The number of hydrogen-bond acceptors (Lipinski definition) is 9. The summed E-state index contributed by atoms with van der Waals surface area (Å²) >= 11 is 8.31. The normalized spacial score (nSPS) is 12.0. The van der Waals surface area contributed by atoms with E-state index in [4.69, 9.17) is 16.7 Å². The van der Waals surface area contributed by atoms with Gasteiger partial charge in [0.05, 0.1) is 28.0 Å². The molecule has 0 aliphatic carbocycles. The number of phenols is 1. The van der Waals surface area contributed by atoms with Crippen molar-refractivity contribution in [2.45, 2.75) is 36.6 Å². The van der Waals surface area contributed by atoms with Crippen LogP contribution in [0.25, 0.3) is 0 Å². The second-order valence-corrected chi connectivity index (χ2v) is 13.0. The number of ketones is 1. The van der Waals surface area contributed by atoms with Crippen LogP contribution in [0.5, 0.6) is 5.75 Å². The van der Waals surface area contributed by atoms with Gasteiger partial charge in [-0.05, 0) is 48.4 Å². The van der Waals surface area contributed by atoms with Crippen LogP contribution >= 0.6 is 34.7 Å². The van der Waals surface area contributed by atoms with Gasteiger partial charge in [-0.25, -0.2) is 17.9 Å². The summed E-state index contributed by atoms with van der Waals surface area (Å²) in [5, 5.41) is 31.0. The van der Waals surface area contributed by atoms with E-state index in [0.717, 1.165) is 35.1 Å². The van der Waals surface area contributed by atoms with Gasteiger partial charge in [0, 0.05) is 22.2 Å². The Morgan fingerprint density at radius 2 is 1.78 bits per heavy atom. The van der Waals surface area contributed by atoms with Crippen LogP contribution in [0.2, 0.25) is 5.02 Å². The standard InChI is InChI=1S/C26H25ClN2O9S3/c1-14-8-16(11-28-41(37,38)17-6-7-21(30)18(9-17)26(35)36)40-24(14)25(34)29-20(10-23(32)33)22(31)13-39-12-15-4-2-3-5-19(15)27/h2-9,20,28,30H,10-13H2,1H3,(H,29,34)(H,32,33)(H,35,36). The van der Waals surface area contributed by atoms with Gasteiger partial charge in [0.25, 0.3) is 5.91 Å². The number of rotatable bonds is 14. The molecule has 0 saturated carbocycles. The largest absolute Gasteiger partial charge is 0.507 e. The van der Waals surface area contributed by atoms with Gasteiger partial charge in [-0.3, -0.25) is 14.4 Å². The third kappa shape index (κ3) is 8.78. The molecular weight excluding hydrogens is 616 g/mol. The third-order valence-electron chi connectivity index (χ3n) is 5.65. The van der Waals surface area contributed by atoms with Gasteiger partial charge in [-0.1, -0.05) is 29.8 Å². The Hall–Kier alpha value is -3.43. The SMILES string of the molecule is Cc1cc(CNS(=O)(=O)c2ccc(O)c(C(=O)O)c2)sc1C(=O)NC(CC(=O)O)C(=O)CSCc1ccccc1Cl. The molecule has 3 aromatic rings. The summed E-state index contributed by atoms with van der Waals surface area (Å²) in [4.78, 5) is 48.6. The first-order chi connectivity index (χ1) is 19.3. The molecule has 5 N–H and O–H groups in total. The summed E-state index contributed by atoms with van der Waals surface area (Å²) < 4.78 is 27.7. The lowest BCUT2D eigenvalue weighted by molar-refractivity contribution is -0.139. The van der Waals surface area contributed by atoms with E-state index in [9.17, 15) is 37.8 Å². The van der Waals surface area contributed by atoms with Crippen molar-refractivity contribution in [3.8, 4) is 5.75 Å². The number of aromatic carboxylic acids is 1. The minimum atomic E-state index is -4.17. The van der Waals surface area contributed by atoms with Crippen molar-refractivity contribution in [2.24, 2.45) is 0 Å². The molecule has 1 atom stereocenters. The monoisotopic (exact) mass is 640 g/mol. The molecule has 0 aliphatic heterocycles. The number of Topliss-reactive ketones (excluding diaryl/α,β-unsaturated/α-hetero) is 1. The Bertz CT molecular complexity index is 1590. The molecule has 41 heavy (non-hydrogen) atoms. The molecule has 2 aromatic carbocycles. The Morgan fingerprint density at radius 1 is 1.07 bits per heavy atom. The molecule has 0 bridgehead atoms. The first kappa shape index (κ1) is 32.1. The number of thioether (sulfide) groups is 1. The Labute approximate surface area is 248 Å². The smallest absolute Gasteiger partial charge is 0.339 e. The van der Waals surface area contributed by atoms with Crippen molar-refractivity contribution >= 4 is 68.4 Å². The number of carboxylic acids is 2. The first-order valence-corrected chi connectivity index (χ1v) is 15.6. The van der Waals surface area contributed by atoms with E-state index in [1.54, 1.807) is 25.1 Å². The molecule has 0 aliphatic rings. The second kappa shape index (κ2) is 14.0. The summed E-state index contributed by atoms with van der Waals surface area (Å²) in [5.41, 5.74) is 0.719. The zero-order chi connectivity index (χ0) is 30.3. The molecule has 3 rings (SSSR count). The highest BCUT2D eigenvalue weighted by molar-refractivity contribution is 7.99. The van der Waals surface area contributed by atoms with Crippen LogP contribution in [0.15, 0.2) is 53.4 Å². The highest BCUT2D eigenvalue weighted by Crippen LogP contribution is 2.25. The van der Waals surface area contributed by atoms with Crippen molar-refractivity contribution in [3.63, 3.8) is 0 Å². The second-order valence-electron chi connectivity index (χ2n) is 8.71. The van der Waals surface area contributed by atoms with Crippen molar-refractivity contribution in [1.29, 1.82) is 0 Å². The van der Waals surface area contributed by atoms with E-state index in [-0.39, 0.29) is 22.1 Å². The zero-order valence-electron chi connectivity index (χ0n) is 21.4. The fraction of sp³-hybridized carbons (Fsp3) is 0.231. The highest BCUT2D eigenvalue weighted by atomic mass is 35.5. The summed E-state index contributed by atoms with van der Waals surface area (Å²) in [5.74, 6) is -4.14. The molecule has 1 amide bonds. The number of benzene rings is 2. The molecule has 1 heterocycles. The summed E-state index contributed by atoms with van der Waals surface area (Å²) in [6, 6.07) is 10.2. The first-order valence-electron chi connectivity index (χ1n) is 11.8. The van der Waals surface area contributed by atoms with Crippen LogP contribution in [0, 0.1) is 6.92 Å². The molecular formula is C26H25ClN2O9S3. The number of carboxylic acid groups (broad SMARTS) is 2. The lowest BCUT2D eigenvalue weighted by Crippen LogP contribution is -2.43. The molecule has 0 saturated heterocycles. The van der Waals surface area contributed by atoms with Gasteiger partial charge in [-0.15, -0.1) is 23.1 Å².